The molecule has 200 valence electrons. The van der Waals surface area contributed by atoms with Gasteiger partial charge >= 0.3 is 0 Å². The van der Waals surface area contributed by atoms with E-state index in [2.05, 4.69) is 145 Å². The van der Waals surface area contributed by atoms with Gasteiger partial charge in [0.15, 0.2) is 0 Å². The minimum absolute atomic E-state index is 0.0548. The number of ether oxygens (including phenoxy) is 1. The molecule has 5 aromatic carbocycles. The van der Waals surface area contributed by atoms with Gasteiger partial charge in [0.25, 0.3) is 0 Å². The lowest BCUT2D eigenvalue weighted by Gasteiger charge is -2.22. The Morgan fingerprint density at radius 3 is 1.39 bits per heavy atom. The van der Waals surface area contributed by atoms with Crippen molar-refractivity contribution in [1.82, 2.24) is 9.97 Å². The third-order valence-corrected chi connectivity index (χ3v) is 8.20. The summed E-state index contributed by atoms with van der Waals surface area (Å²) in [5.74, 6) is 0.795. The van der Waals surface area contributed by atoms with Crippen LogP contribution in [0.4, 0.5) is 0 Å². The summed E-state index contributed by atoms with van der Waals surface area (Å²) >= 11 is 0. The number of fused-ring (bicyclic) bond motifs is 2. The number of aryl methyl sites for hydroxylation is 2. The van der Waals surface area contributed by atoms with Gasteiger partial charge in [0.1, 0.15) is 5.75 Å². The Bertz CT molecular complexity index is 1850. The van der Waals surface area contributed by atoms with E-state index in [-0.39, 0.29) is 5.92 Å². The van der Waals surface area contributed by atoms with Crippen LogP contribution in [0.25, 0.3) is 44.3 Å². The van der Waals surface area contributed by atoms with E-state index >= 15 is 0 Å². The monoisotopic (exact) mass is 532 g/mol. The molecule has 41 heavy (non-hydrogen) atoms. The van der Waals surface area contributed by atoms with Crippen LogP contribution in [0.1, 0.15) is 33.7 Å². The van der Waals surface area contributed by atoms with Crippen LogP contribution in [0.15, 0.2) is 121 Å². The van der Waals surface area contributed by atoms with Crippen molar-refractivity contribution in [3.8, 4) is 28.3 Å². The van der Waals surface area contributed by atoms with E-state index in [0.29, 0.717) is 0 Å². The molecule has 0 bridgehead atoms. The summed E-state index contributed by atoms with van der Waals surface area (Å²) in [6.45, 7) is 4.27. The second-order valence-electron chi connectivity index (χ2n) is 10.9. The van der Waals surface area contributed by atoms with Gasteiger partial charge in [-0.15, -0.1) is 0 Å². The molecule has 2 heterocycles. The van der Waals surface area contributed by atoms with E-state index in [1.54, 1.807) is 7.11 Å². The summed E-state index contributed by atoms with van der Waals surface area (Å²) < 4.78 is 5.57. The highest BCUT2D eigenvalue weighted by Gasteiger charge is 2.30. The minimum Gasteiger partial charge on any atom is -0.497 e. The maximum absolute atomic E-state index is 5.57. The lowest BCUT2D eigenvalue weighted by molar-refractivity contribution is 0.414. The Morgan fingerprint density at radius 1 is 0.512 bits per heavy atom. The number of hydrogen-bond donors (Lipinski definition) is 2. The van der Waals surface area contributed by atoms with Crippen LogP contribution in [0, 0.1) is 13.8 Å². The largest absolute Gasteiger partial charge is 0.497 e. The van der Waals surface area contributed by atoms with Gasteiger partial charge in [-0.2, -0.15) is 0 Å². The lowest BCUT2D eigenvalue weighted by Crippen LogP contribution is -2.06. The number of aromatic nitrogens is 2. The fourth-order valence-corrected chi connectivity index (χ4v) is 6.10. The fraction of sp³-hybridized carbons (Fsp3) is 0.105. The molecule has 0 unspecified atom stereocenters. The predicted molar refractivity (Wildman–Crippen MR) is 171 cm³/mol. The van der Waals surface area contributed by atoms with Crippen molar-refractivity contribution < 1.29 is 4.74 Å². The molecule has 2 aromatic heterocycles. The topological polar surface area (TPSA) is 40.8 Å². The van der Waals surface area contributed by atoms with E-state index in [1.165, 1.54) is 49.7 Å². The zero-order chi connectivity index (χ0) is 27.9. The Balaban J connectivity index is 1.60. The molecular formula is C38H32N2O. The number of aromatic amines is 2. The maximum atomic E-state index is 5.57. The molecular weight excluding hydrogens is 500 g/mol. The highest BCUT2D eigenvalue weighted by molar-refractivity contribution is 5.97. The first-order valence-electron chi connectivity index (χ1n) is 14.1. The maximum Gasteiger partial charge on any atom is 0.118 e. The minimum atomic E-state index is -0.0548. The SMILES string of the molecule is COc1ccc(C(c2c(-c3ccc(C)cc3)[nH]c3ccccc23)c2c(-c3ccc(C)cc3)[nH]c3ccccc23)cc1. The fourth-order valence-electron chi connectivity index (χ4n) is 6.10. The number of H-pyrrole nitrogens is 2. The molecule has 0 aliphatic carbocycles. The zero-order valence-electron chi connectivity index (χ0n) is 23.5. The van der Waals surface area contributed by atoms with Crippen LogP contribution in [-0.4, -0.2) is 17.1 Å². The lowest BCUT2D eigenvalue weighted by atomic mass is 9.80. The van der Waals surface area contributed by atoms with Crippen LogP contribution in [-0.2, 0) is 0 Å². The second-order valence-corrected chi connectivity index (χ2v) is 10.9. The van der Waals surface area contributed by atoms with Crippen LogP contribution >= 0.6 is 0 Å². The number of rotatable bonds is 6. The molecule has 0 amide bonds. The van der Waals surface area contributed by atoms with Gasteiger partial charge in [-0.1, -0.05) is 108 Å². The quantitative estimate of drug-likeness (QED) is 0.220. The third-order valence-electron chi connectivity index (χ3n) is 8.20. The van der Waals surface area contributed by atoms with Crippen molar-refractivity contribution in [1.29, 1.82) is 0 Å². The summed E-state index contributed by atoms with van der Waals surface area (Å²) in [5.41, 5.74) is 13.2. The van der Waals surface area contributed by atoms with E-state index in [0.717, 1.165) is 28.2 Å². The van der Waals surface area contributed by atoms with Crippen molar-refractivity contribution in [2.24, 2.45) is 0 Å². The molecule has 0 saturated carbocycles. The molecule has 0 atom stereocenters. The van der Waals surface area contributed by atoms with Crippen LogP contribution in [0.5, 0.6) is 5.75 Å². The van der Waals surface area contributed by atoms with Gasteiger partial charge in [0.05, 0.1) is 18.5 Å². The third kappa shape index (κ3) is 4.40. The standard InChI is InChI=1S/C38H32N2O/c1-24-12-16-27(17-13-24)37-35(30-8-4-6-10-32(30)39-37)34(26-20-22-29(41-3)23-21-26)36-31-9-5-7-11-33(31)40-38(36)28-18-14-25(2)15-19-28/h4-23,34,39-40H,1-3H3. The molecule has 0 aliphatic rings. The Labute approximate surface area is 240 Å². The molecule has 7 aromatic rings. The first kappa shape index (κ1) is 25.0. The van der Waals surface area contributed by atoms with E-state index in [9.17, 15) is 0 Å². The van der Waals surface area contributed by atoms with E-state index < -0.39 is 0 Å². The van der Waals surface area contributed by atoms with Gasteiger partial charge in [0.2, 0.25) is 0 Å². The predicted octanol–water partition coefficient (Wildman–Crippen LogP) is 9.79. The molecule has 0 spiro atoms. The van der Waals surface area contributed by atoms with E-state index in [1.807, 2.05) is 0 Å². The van der Waals surface area contributed by atoms with Gasteiger partial charge in [-0.3, -0.25) is 0 Å². The van der Waals surface area contributed by atoms with Crippen molar-refractivity contribution in [3.05, 3.63) is 149 Å². The first-order valence-corrected chi connectivity index (χ1v) is 14.1. The molecule has 0 aliphatic heterocycles. The van der Waals surface area contributed by atoms with Crippen LogP contribution < -0.4 is 4.74 Å². The average Bonchev–Trinajstić information content (AvgIpc) is 3.58. The summed E-state index contributed by atoms with van der Waals surface area (Å²) in [6.07, 6.45) is 0. The van der Waals surface area contributed by atoms with Gasteiger partial charge < -0.3 is 14.7 Å². The van der Waals surface area contributed by atoms with Crippen molar-refractivity contribution in [2.75, 3.05) is 7.11 Å². The van der Waals surface area contributed by atoms with Crippen LogP contribution in [0.2, 0.25) is 0 Å². The summed E-state index contributed by atoms with van der Waals surface area (Å²) in [5, 5.41) is 2.45. The average molecular weight is 533 g/mol. The Morgan fingerprint density at radius 2 is 0.951 bits per heavy atom. The number of methoxy groups -OCH3 is 1. The highest BCUT2D eigenvalue weighted by atomic mass is 16.5. The molecule has 0 saturated heterocycles. The molecule has 0 radical (unpaired) electrons. The molecule has 2 N–H and O–H groups in total. The zero-order valence-corrected chi connectivity index (χ0v) is 23.5. The number of hydrogen-bond acceptors (Lipinski definition) is 1. The highest BCUT2D eigenvalue weighted by Crippen LogP contribution is 2.47. The van der Waals surface area contributed by atoms with Gasteiger partial charge in [0, 0.05) is 27.7 Å². The van der Waals surface area contributed by atoms with Crippen molar-refractivity contribution in [3.63, 3.8) is 0 Å². The van der Waals surface area contributed by atoms with Crippen LogP contribution in [0.3, 0.4) is 0 Å². The molecule has 0 fully saturated rings. The Kier molecular flexibility index (Phi) is 6.20. The second kappa shape index (κ2) is 10.2. The summed E-state index contributed by atoms with van der Waals surface area (Å²) in [6, 6.07) is 43.6. The molecule has 7 rings (SSSR count). The molecule has 3 heteroatoms. The summed E-state index contributed by atoms with van der Waals surface area (Å²) in [4.78, 5) is 7.63. The Hall–Kier alpha value is -5.02. The number of benzene rings is 5. The van der Waals surface area contributed by atoms with Crippen molar-refractivity contribution >= 4 is 21.8 Å². The van der Waals surface area contributed by atoms with Crippen molar-refractivity contribution in [2.45, 2.75) is 19.8 Å². The smallest absolute Gasteiger partial charge is 0.118 e. The first-order chi connectivity index (χ1) is 20.1. The van der Waals surface area contributed by atoms with Gasteiger partial charge in [-0.25, -0.2) is 0 Å². The molecule has 3 nitrogen and oxygen atoms in total. The number of nitrogens with one attached hydrogen (secondary N) is 2. The van der Waals surface area contributed by atoms with E-state index in [4.69, 9.17) is 4.74 Å². The number of para-hydroxylation sites is 2. The van der Waals surface area contributed by atoms with Gasteiger partial charge in [-0.05, 0) is 65.9 Å². The summed E-state index contributed by atoms with van der Waals surface area (Å²) in [7, 11) is 1.72. The normalized spacial score (nSPS) is 11.5.